The molecule has 0 saturated heterocycles. The van der Waals surface area contributed by atoms with Crippen LogP contribution < -0.4 is 10.1 Å². The Bertz CT molecular complexity index is 953. The van der Waals surface area contributed by atoms with Crippen molar-refractivity contribution in [3.8, 4) is 5.75 Å². The van der Waals surface area contributed by atoms with E-state index in [1.807, 2.05) is 54.6 Å². The summed E-state index contributed by atoms with van der Waals surface area (Å²) in [5.74, 6) is -0.539. The van der Waals surface area contributed by atoms with Gasteiger partial charge in [0, 0.05) is 6.54 Å². The van der Waals surface area contributed by atoms with Crippen molar-refractivity contribution in [1.82, 2.24) is 5.32 Å². The smallest absolute Gasteiger partial charge is 0.342 e. The van der Waals surface area contributed by atoms with Crippen LogP contribution in [0, 0.1) is 0 Å². The van der Waals surface area contributed by atoms with E-state index in [-0.39, 0.29) is 5.91 Å². The number of fused-ring (bicyclic) bond motifs is 1. The van der Waals surface area contributed by atoms with E-state index in [9.17, 15) is 9.59 Å². The van der Waals surface area contributed by atoms with Crippen molar-refractivity contribution in [2.75, 3.05) is 7.11 Å². The molecule has 5 heteroatoms. The summed E-state index contributed by atoms with van der Waals surface area (Å²) in [7, 11) is 1.50. The third-order valence-corrected chi connectivity index (χ3v) is 4.25. The molecule has 0 spiro atoms. The number of ether oxygens (including phenoxy) is 2. The van der Waals surface area contributed by atoms with Gasteiger partial charge in [-0.05, 0) is 35.4 Å². The summed E-state index contributed by atoms with van der Waals surface area (Å²) in [5, 5.41) is 4.62. The molecule has 0 heterocycles. The highest BCUT2D eigenvalue weighted by atomic mass is 16.5. The van der Waals surface area contributed by atoms with Crippen LogP contribution in [-0.2, 0) is 16.1 Å². The lowest BCUT2D eigenvalue weighted by atomic mass is 10.1. The lowest BCUT2D eigenvalue weighted by Crippen LogP contribution is -2.35. The van der Waals surface area contributed by atoms with Crippen LogP contribution in [0.25, 0.3) is 10.8 Å². The molecule has 0 bridgehead atoms. The van der Waals surface area contributed by atoms with Gasteiger partial charge in [0.25, 0.3) is 5.91 Å². The fourth-order valence-electron chi connectivity index (χ4n) is 2.75. The van der Waals surface area contributed by atoms with E-state index in [1.54, 1.807) is 19.1 Å². The molecule has 5 nitrogen and oxygen atoms in total. The van der Waals surface area contributed by atoms with Gasteiger partial charge in [0.1, 0.15) is 11.3 Å². The van der Waals surface area contributed by atoms with Crippen LogP contribution in [-0.4, -0.2) is 25.1 Å². The number of carbonyl (C=O) groups excluding carboxylic acids is 2. The summed E-state index contributed by atoms with van der Waals surface area (Å²) < 4.78 is 10.7. The Balaban J connectivity index is 1.68. The molecule has 0 aromatic heterocycles. The van der Waals surface area contributed by atoms with E-state index in [4.69, 9.17) is 9.47 Å². The Kier molecular flexibility index (Phi) is 5.71. The Labute approximate surface area is 157 Å². The zero-order chi connectivity index (χ0) is 19.2. The topological polar surface area (TPSA) is 64.6 Å². The molecule has 3 aromatic carbocycles. The number of esters is 1. The summed E-state index contributed by atoms with van der Waals surface area (Å²) in [6.07, 6.45) is -0.919. The first-order valence-corrected chi connectivity index (χ1v) is 8.68. The van der Waals surface area contributed by atoms with Crippen LogP contribution in [0.1, 0.15) is 22.8 Å². The van der Waals surface area contributed by atoms with Crippen molar-refractivity contribution in [2.45, 2.75) is 19.6 Å². The van der Waals surface area contributed by atoms with Crippen LogP contribution >= 0.6 is 0 Å². The van der Waals surface area contributed by atoms with Crippen molar-refractivity contribution in [3.05, 3.63) is 77.9 Å². The van der Waals surface area contributed by atoms with Gasteiger partial charge < -0.3 is 14.8 Å². The first-order valence-electron chi connectivity index (χ1n) is 8.68. The van der Waals surface area contributed by atoms with E-state index < -0.39 is 12.1 Å². The molecular weight excluding hydrogens is 342 g/mol. The number of amides is 1. The van der Waals surface area contributed by atoms with Crippen molar-refractivity contribution in [1.29, 1.82) is 0 Å². The Morgan fingerprint density at radius 2 is 1.59 bits per heavy atom. The first-order chi connectivity index (χ1) is 13.1. The van der Waals surface area contributed by atoms with Crippen molar-refractivity contribution in [2.24, 2.45) is 0 Å². The van der Waals surface area contributed by atoms with Gasteiger partial charge in [-0.25, -0.2) is 4.79 Å². The van der Waals surface area contributed by atoms with Crippen LogP contribution in [0.15, 0.2) is 66.7 Å². The van der Waals surface area contributed by atoms with E-state index in [2.05, 4.69) is 5.32 Å². The molecule has 1 N–H and O–H groups in total. The molecule has 0 aliphatic heterocycles. The molecule has 0 aliphatic carbocycles. The third-order valence-electron chi connectivity index (χ3n) is 4.25. The second kappa shape index (κ2) is 8.36. The van der Waals surface area contributed by atoms with E-state index in [0.29, 0.717) is 17.9 Å². The van der Waals surface area contributed by atoms with Crippen molar-refractivity contribution >= 4 is 22.6 Å². The lowest BCUT2D eigenvalue weighted by molar-refractivity contribution is -0.129. The van der Waals surface area contributed by atoms with Gasteiger partial charge in [0.15, 0.2) is 6.10 Å². The molecule has 0 radical (unpaired) electrons. The fraction of sp³-hybridized carbons (Fsp3) is 0.182. The van der Waals surface area contributed by atoms with Crippen LogP contribution in [0.3, 0.4) is 0 Å². The summed E-state index contributed by atoms with van der Waals surface area (Å²) in [6.45, 7) is 1.92. The standard InChI is InChI=1S/C22H21NO4/c1-15(21(24)23-14-16-8-4-3-5-9-16)27-22(25)19-12-17-10-6-7-11-18(17)13-20(19)26-2/h3-13,15H,14H2,1-2H3,(H,23,24)/t15-/m1/s1. The fourth-order valence-corrected chi connectivity index (χ4v) is 2.75. The molecule has 0 fully saturated rings. The number of hydrogen-bond acceptors (Lipinski definition) is 4. The highest BCUT2D eigenvalue weighted by Gasteiger charge is 2.21. The molecule has 0 unspecified atom stereocenters. The highest BCUT2D eigenvalue weighted by Crippen LogP contribution is 2.26. The molecule has 1 atom stereocenters. The minimum Gasteiger partial charge on any atom is -0.496 e. The number of rotatable bonds is 6. The Morgan fingerprint density at radius 1 is 0.963 bits per heavy atom. The SMILES string of the molecule is COc1cc2ccccc2cc1C(=O)O[C@H](C)C(=O)NCc1ccccc1. The average molecular weight is 363 g/mol. The monoisotopic (exact) mass is 363 g/mol. The summed E-state index contributed by atoms with van der Waals surface area (Å²) in [4.78, 5) is 24.8. The van der Waals surface area contributed by atoms with Crippen molar-refractivity contribution < 1.29 is 19.1 Å². The molecule has 1 amide bonds. The number of benzene rings is 3. The lowest BCUT2D eigenvalue weighted by Gasteiger charge is -2.15. The number of methoxy groups -OCH3 is 1. The second-order valence-corrected chi connectivity index (χ2v) is 6.15. The van der Waals surface area contributed by atoms with Gasteiger partial charge in [0.05, 0.1) is 7.11 Å². The van der Waals surface area contributed by atoms with Gasteiger partial charge in [-0.2, -0.15) is 0 Å². The first kappa shape index (κ1) is 18.5. The van der Waals surface area contributed by atoms with Gasteiger partial charge in [-0.1, -0.05) is 54.6 Å². The van der Waals surface area contributed by atoms with Crippen LogP contribution in [0.5, 0.6) is 5.75 Å². The predicted octanol–water partition coefficient (Wildman–Crippen LogP) is 3.71. The minimum absolute atomic E-state index is 0.291. The highest BCUT2D eigenvalue weighted by molar-refractivity contribution is 5.99. The van der Waals surface area contributed by atoms with Crippen molar-refractivity contribution in [3.63, 3.8) is 0 Å². The van der Waals surface area contributed by atoms with Gasteiger partial charge in [-0.3, -0.25) is 4.79 Å². The molecule has 0 saturated carbocycles. The third kappa shape index (κ3) is 4.44. The maximum atomic E-state index is 12.6. The second-order valence-electron chi connectivity index (χ2n) is 6.15. The molecular formula is C22H21NO4. The Morgan fingerprint density at radius 3 is 2.26 bits per heavy atom. The number of carbonyl (C=O) groups is 2. The predicted molar refractivity (Wildman–Crippen MR) is 104 cm³/mol. The van der Waals surface area contributed by atoms with Gasteiger partial charge >= 0.3 is 5.97 Å². The number of nitrogens with one attached hydrogen (secondary N) is 1. The van der Waals surface area contributed by atoms with Crippen LogP contribution in [0.4, 0.5) is 0 Å². The maximum absolute atomic E-state index is 12.6. The summed E-state index contributed by atoms with van der Waals surface area (Å²) >= 11 is 0. The summed E-state index contributed by atoms with van der Waals surface area (Å²) in [6, 6.07) is 20.7. The van der Waals surface area contributed by atoms with Gasteiger partial charge in [0.2, 0.25) is 0 Å². The maximum Gasteiger partial charge on any atom is 0.342 e. The molecule has 27 heavy (non-hydrogen) atoms. The van der Waals surface area contributed by atoms with E-state index in [0.717, 1.165) is 16.3 Å². The summed E-state index contributed by atoms with van der Waals surface area (Å²) in [5.41, 5.74) is 1.26. The molecule has 3 rings (SSSR count). The van der Waals surface area contributed by atoms with E-state index in [1.165, 1.54) is 7.11 Å². The Hall–Kier alpha value is -3.34. The molecule has 0 aliphatic rings. The quantitative estimate of drug-likeness (QED) is 0.678. The molecule has 3 aromatic rings. The minimum atomic E-state index is -0.919. The zero-order valence-electron chi connectivity index (χ0n) is 15.3. The average Bonchev–Trinajstić information content (AvgIpc) is 2.71. The zero-order valence-corrected chi connectivity index (χ0v) is 15.3. The van der Waals surface area contributed by atoms with Gasteiger partial charge in [-0.15, -0.1) is 0 Å². The van der Waals surface area contributed by atoms with Crippen LogP contribution in [0.2, 0.25) is 0 Å². The van der Waals surface area contributed by atoms with E-state index >= 15 is 0 Å². The largest absolute Gasteiger partial charge is 0.496 e. The molecule has 138 valence electrons. The number of hydrogen-bond donors (Lipinski definition) is 1. The normalized spacial score (nSPS) is 11.6.